The van der Waals surface area contributed by atoms with Gasteiger partial charge in [0.15, 0.2) is 18.1 Å². The number of hydrogen-bond acceptors (Lipinski definition) is 5. The van der Waals surface area contributed by atoms with Crippen LogP contribution in [0, 0.1) is 0 Å². The molecule has 0 spiro atoms. The molecule has 6 nitrogen and oxygen atoms in total. The van der Waals surface area contributed by atoms with Crippen molar-refractivity contribution in [2.24, 2.45) is 5.10 Å². The van der Waals surface area contributed by atoms with Gasteiger partial charge in [0.1, 0.15) is 12.4 Å². The van der Waals surface area contributed by atoms with Crippen LogP contribution in [0.15, 0.2) is 84.5 Å². The minimum Gasteiger partial charge on any atom is -0.493 e. The maximum absolute atomic E-state index is 12.0. The standard InChI is InChI=1S/C26H25ClN2O4/c1-3-4-19-9-14-24(25(15-19)31-2)33-18-26(30)29-28-16-20-7-12-23(13-8-20)32-17-21-5-10-22(27)11-6-21/h3,5-16H,1,4,17-18H2,2H3,(H,29,30)/b28-16+. The van der Waals surface area contributed by atoms with Crippen LogP contribution in [0.5, 0.6) is 17.2 Å². The molecule has 0 saturated carbocycles. The smallest absolute Gasteiger partial charge is 0.277 e. The molecule has 3 aromatic carbocycles. The Morgan fingerprint density at radius 1 is 1.00 bits per heavy atom. The van der Waals surface area contributed by atoms with E-state index in [0.29, 0.717) is 23.1 Å². The lowest BCUT2D eigenvalue weighted by atomic mass is 10.1. The Balaban J connectivity index is 1.44. The fraction of sp³-hybridized carbons (Fsp3) is 0.154. The summed E-state index contributed by atoms with van der Waals surface area (Å²) in [6.45, 7) is 3.98. The van der Waals surface area contributed by atoms with E-state index >= 15 is 0 Å². The molecule has 7 heteroatoms. The summed E-state index contributed by atoms with van der Waals surface area (Å²) in [6, 6.07) is 20.4. The second-order valence-corrected chi connectivity index (χ2v) is 7.48. The number of hydrogen-bond donors (Lipinski definition) is 1. The number of benzene rings is 3. The molecule has 33 heavy (non-hydrogen) atoms. The summed E-state index contributed by atoms with van der Waals surface area (Å²) in [4.78, 5) is 12.0. The van der Waals surface area contributed by atoms with Gasteiger partial charge >= 0.3 is 0 Å². The first kappa shape index (κ1) is 23.9. The highest BCUT2D eigenvalue weighted by Crippen LogP contribution is 2.28. The van der Waals surface area contributed by atoms with E-state index in [1.54, 1.807) is 19.4 Å². The summed E-state index contributed by atoms with van der Waals surface area (Å²) in [5.41, 5.74) is 5.33. The molecule has 170 valence electrons. The van der Waals surface area contributed by atoms with Gasteiger partial charge in [0.05, 0.1) is 13.3 Å². The molecule has 3 aromatic rings. The molecular weight excluding hydrogens is 440 g/mol. The Morgan fingerprint density at radius 2 is 1.73 bits per heavy atom. The van der Waals surface area contributed by atoms with E-state index < -0.39 is 0 Å². The lowest BCUT2D eigenvalue weighted by Gasteiger charge is -2.11. The quantitative estimate of drug-likeness (QED) is 0.241. The Bertz CT molecular complexity index is 1100. The van der Waals surface area contributed by atoms with Crippen molar-refractivity contribution in [1.82, 2.24) is 5.43 Å². The molecule has 1 N–H and O–H groups in total. The van der Waals surface area contributed by atoms with Crippen molar-refractivity contribution in [2.75, 3.05) is 13.7 Å². The first-order valence-corrected chi connectivity index (χ1v) is 10.6. The zero-order valence-electron chi connectivity index (χ0n) is 18.3. The molecule has 0 aromatic heterocycles. The van der Waals surface area contributed by atoms with Crippen LogP contribution < -0.4 is 19.6 Å². The molecule has 0 unspecified atom stereocenters. The first-order chi connectivity index (χ1) is 16.1. The van der Waals surface area contributed by atoms with Gasteiger partial charge in [-0.15, -0.1) is 6.58 Å². The van der Waals surface area contributed by atoms with Crippen molar-refractivity contribution >= 4 is 23.7 Å². The number of amides is 1. The molecule has 0 aliphatic rings. The van der Waals surface area contributed by atoms with Crippen molar-refractivity contribution in [3.63, 3.8) is 0 Å². The summed E-state index contributed by atoms with van der Waals surface area (Å²) in [7, 11) is 1.55. The van der Waals surface area contributed by atoms with Crippen LogP contribution in [0.1, 0.15) is 16.7 Å². The average molecular weight is 465 g/mol. The van der Waals surface area contributed by atoms with Gasteiger partial charge in [-0.25, -0.2) is 5.43 Å². The zero-order chi connectivity index (χ0) is 23.5. The molecule has 0 atom stereocenters. The first-order valence-electron chi connectivity index (χ1n) is 10.3. The number of carbonyl (C=O) groups excluding carboxylic acids is 1. The van der Waals surface area contributed by atoms with E-state index in [4.69, 9.17) is 25.8 Å². The van der Waals surface area contributed by atoms with Crippen molar-refractivity contribution in [3.05, 3.63) is 101 Å². The Hall–Kier alpha value is -3.77. The number of methoxy groups -OCH3 is 1. The third-order valence-corrected chi connectivity index (χ3v) is 4.82. The van der Waals surface area contributed by atoms with E-state index in [1.807, 2.05) is 66.7 Å². The number of rotatable bonds is 11. The van der Waals surface area contributed by atoms with Crippen LogP contribution in [-0.4, -0.2) is 25.8 Å². The molecule has 0 fully saturated rings. The summed E-state index contributed by atoms with van der Waals surface area (Å²) >= 11 is 5.89. The maximum Gasteiger partial charge on any atom is 0.277 e. The number of ether oxygens (including phenoxy) is 3. The molecule has 0 aliphatic carbocycles. The number of allylic oxidation sites excluding steroid dienone is 1. The van der Waals surface area contributed by atoms with E-state index in [0.717, 1.165) is 28.9 Å². The van der Waals surface area contributed by atoms with Crippen LogP contribution in [0.4, 0.5) is 0 Å². The van der Waals surface area contributed by atoms with Crippen molar-refractivity contribution < 1.29 is 19.0 Å². The van der Waals surface area contributed by atoms with Crippen LogP contribution in [0.2, 0.25) is 5.02 Å². The normalized spacial score (nSPS) is 10.6. The van der Waals surface area contributed by atoms with E-state index in [9.17, 15) is 4.79 Å². The Morgan fingerprint density at radius 3 is 2.42 bits per heavy atom. The van der Waals surface area contributed by atoms with Crippen molar-refractivity contribution in [2.45, 2.75) is 13.0 Å². The lowest BCUT2D eigenvalue weighted by Crippen LogP contribution is -2.24. The fourth-order valence-corrected chi connectivity index (χ4v) is 3.00. The van der Waals surface area contributed by atoms with E-state index in [1.165, 1.54) is 0 Å². The van der Waals surface area contributed by atoms with Crippen LogP contribution in [0.25, 0.3) is 0 Å². The van der Waals surface area contributed by atoms with Gasteiger partial charge in [-0.3, -0.25) is 4.79 Å². The zero-order valence-corrected chi connectivity index (χ0v) is 19.0. The predicted octanol–water partition coefficient (Wildman–Crippen LogP) is 5.19. The van der Waals surface area contributed by atoms with Crippen molar-refractivity contribution in [3.8, 4) is 17.2 Å². The van der Waals surface area contributed by atoms with Gasteiger partial charge in [-0.05, 0) is 71.6 Å². The molecule has 0 aliphatic heterocycles. The second-order valence-electron chi connectivity index (χ2n) is 7.04. The SMILES string of the molecule is C=CCc1ccc(OCC(=O)N/N=C/c2ccc(OCc3ccc(Cl)cc3)cc2)c(OC)c1. The maximum atomic E-state index is 12.0. The number of halogens is 1. The molecule has 0 bridgehead atoms. The molecule has 0 radical (unpaired) electrons. The van der Waals surface area contributed by atoms with E-state index in [2.05, 4.69) is 17.1 Å². The van der Waals surface area contributed by atoms with E-state index in [-0.39, 0.29) is 12.5 Å². The van der Waals surface area contributed by atoms with Crippen LogP contribution >= 0.6 is 11.6 Å². The van der Waals surface area contributed by atoms with Gasteiger partial charge in [0.2, 0.25) is 0 Å². The number of hydrazone groups is 1. The fourth-order valence-electron chi connectivity index (χ4n) is 2.88. The Labute approximate surface area is 198 Å². The molecular formula is C26H25ClN2O4. The van der Waals surface area contributed by atoms with Gasteiger partial charge in [0, 0.05) is 5.02 Å². The van der Waals surface area contributed by atoms with Gasteiger partial charge in [-0.1, -0.05) is 35.9 Å². The van der Waals surface area contributed by atoms with Gasteiger partial charge in [0.25, 0.3) is 5.91 Å². The number of carbonyl (C=O) groups is 1. The molecule has 1 amide bonds. The molecule has 0 heterocycles. The van der Waals surface area contributed by atoms with Crippen molar-refractivity contribution in [1.29, 1.82) is 0 Å². The van der Waals surface area contributed by atoms with Crippen LogP contribution in [0.3, 0.4) is 0 Å². The largest absolute Gasteiger partial charge is 0.493 e. The minimum absolute atomic E-state index is 0.189. The monoisotopic (exact) mass is 464 g/mol. The topological polar surface area (TPSA) is 69.2 Å². The molecule has 0 saturated heterocycles. The highest BCUT2D eigenvalue weighted by Gasteiger charge is 2.08. The summed E-state index contributed by atoms with van der Waals surface area (Å²) < 4.78 is 16.6. The summed E-state index contributed by atoms with van der Waals surface area (Å²) in [6.07, 6.45) is 4.08. The summed E-state index contributed by atoms with van der Waals surface area (Å²) in [5, 5.41) is 4.66. The van der Waals surface area contributed by atoms with Gasteiger partial charge < -0.3 is 14.2 Å². The third-order valence-electron chi connectivity index (χ3n) is 4.57. The van der Waals surface area contributed by atoms with Gasteiger partial charge in [-0.2, -0.15) is 5.10 Å². The number of nitrogens with one attached hydrogen (secondary N) is 1. The lowest BCUT2D eigenvalue weighted by molar-refractivity contribution is -0.123. The highest BCUT2D eigenvalue weighted by molar-refractivity contribution is 6.30. The average Bonchev–Trinajstić information content (AvgIpc) is 2.84. The summed E-state index contributed by atoms with van der Waals surface area (Å²) in [5.74, 6) is 1.39. The second kappa shape index (κ2) is 12.3. The molecule has 3 rings (SSSR count). The highest BCUT2D eigenvalue weighted by atomic mass is 35.5. The Kier molecular flexibility index (Phi) is 8.91. The number of nitrogens with zero attached hydrogens (tertiary/aromatic N) is 1. The minimum atomic E-state index is -0.383. The van der Waals surface area contributed by atoms with Crippen LogP contribution in [-0.2, 0) is 17.8 Å². The predicted molar refractivity (Wildman–Crippen MR) is 130 cm³/mol. The third kappa shape index (κ3) is 7.70.